The molecule has 0 atom stereocenters. The summed E-state index contributed by atoms with van der Waals surface area (Å²) in [6.07, 6.45) is 13.7. The summed E-state index contributed by atoms with van der Waals surface area (Å²) in [6.45, 7) is 11.5. The Labute approximate surface area is 160 Å². The van der Waals surface area contributed by atoms with Crippen LogP contribution in [0.1, 0.15) is 99.3 Å². The highest BCUT2D eigenvalue weighted by Crippen LogP contribution is 2.61. The molecular weight excluding hydrogens is 328 g/mol. The van der Waals surface area contributed by atoms with E-state index in [9.17, 15) is 0 Å². The van der Waals surface area contributed by atoms with Crippen LogP contribution in [-0.2, 0) is 9.59 Å². The Hall–Kier alpha value is -1.06. The third-order valence-electron chi connectivity index (χ3n) is 5.40. The maximum Gasteiger partial charge on any atom is 0.300 e. The lowest BCUT2D eigenvalue weighted by molar-refractivity contribution is -0.135. The first-order valence-electron chi connectivity index (χ1n) is 10.3. The second-order valence-electron chi connectivity index (χ2n) is 9.38. The van der Waals surface area contributed by atoms with E-state index < -0.39 is 11.9 Å². The van der Waals surface area contributed by atoms with Crippen molar-refractivity contribution in [1.29, 1.82) is 0 Å². The van der Waals surface area contributed by atoms with Gasteiger partial charge in [-0.2, -0.15) is 0 Å². The zero-order valence-corrected chi connectivity index (χ0v) is 17.9. The van der Waals surface area contributed by atoms with E-state index in [2.05, 4.69) is 27.7 Å². The highest BCUT2D eigenvalue weighted by Gasteiger charge is 2.49. The minimum absolute atomic E-state index is 0.833. The topological polar surface area (TPSA) is 74.6 Å². The molecule has 154 valence electrons. The van der Waals surface area contributed by atoms with Gasteiger partial charge in [0.05, 0.1) is 0 Å². The first kappa shape index (κ1) is 24.9. The van der Waals surface area contributed by atoms with Gasteiger partial charge in [0.2, 0.25) is 0 Å². The fourth-order valence-electron chi connectivity index (χ4n) is 4.61. The normalized spacial score (nSPS) is 25.5. The highest BCUT2D eigenvalue weighted by atomic mass is 16.4. The number of carboxylic acids is 2. The maximum atomic E-state index is 9.00. The fourth-order valence-corrected chi connectivity index (χ4v) is 4.61. The van der Waals surface area contributed by atoms with Gasteiger partial charge in [0, 0.05) is 13.8 Å². The molecule has 0 radical (unpaired) electrons. The van der Waals surface area contributed by atoms with E-state index in [4.69, 9.17) is 19.8 Å². The van der Waals surface area contributed by atoms with Crippen molar-refractivity contribution in [1.82, 2.24) is 0 Å². The van der Waals surface area contributed by atoms with Crippen molar-refractivity contribution in [3.05, 3.63) is 0 Å². The average Bonchev–Trinajstić information content (AvgIpc) is 2.92. The van der Waals surface area contributed by atoms with Crippen LogP contribution >= 0.6 is 0 Å². The Kier molecular flexibility index (Phi) is 11.8. The highest BCUT2D eigenvalue weighted by molar-refractivity contribution is 5.63. The lowest BCUT2D eigenvalue weighted by Gasteiger charge is -2.39. The zero-order chi connectivity index (χ0) is 20.3. The van der Waals surface area contributed by atoms with Crippen LogP contribution in [0.2, 0.25) is 0 Å². The summed E-state index contributed by atoms with van der Waals surface area (Å²) in [7, 11) is 0. The van der Waals surface area contributed by atoms with Crippen molar-refractivity contribution >= 4 is 11.9 Å². The molecule has 0 unspecified atom stereocenters. The van der Waals surface area contributed by atoms with Crippen molar-refractivity contribution in [2.24, 2.45) is 29.1 Å². The fraction of sp³-hybridized carbons (Fsp3) is 0.909. The number of carboxylic acid groups (broad SMARTS) is 2. The predicted molar refractivity (Wildman–Crippen MR) is 107 cm³/mol. The quantitative estimate of drug-likeness (QED) is 0.614. The van der Waals surface area contributed by atoms with Crippen LogP contribution in [0, 0.1) is 29.1 Å². The second-order valence-corrected chi connectivity index (χ2v) is 9.38. The number of hydrogen-bond donors (Lipinski definition) is 2. The largest absolute Gasteiger partial charge is 0.481 e. The molecule has 0 amide bonds. The molecule has 4 aliphatic carbocycles. The second kappa shape index (κ2) is 12.3. The molecule has 4 heteroatoms. The van der Waals surface area contributed by atoms with E-state index in [0.29, 0.717) is 0 Å². The van der Waals surface area contributed by atoms with Crippen LogP contribution in [-0.4, -0.2) is 22.2 Å². The van der Waals surface area contributed by atoms with Gasteiger partial charge >= 0.3 is 0 Å². The third-order valence-corrected chi connectivity index (χ3v) is 5.40. The van der Waals surface area contributed by atoms with Gasteiger partial charge in [-0.3, -0.25) is 9.59 Å². The molecule has 0 saturated heterocycles. The van der Waals surface area contributed by atoms with E-state index in [1.807, 2.05) is 0 Å². The molecular formula is C22H42O4. The Balaban J connectivity index is 0.000000351. The van der Waals surface area contributed by atoms with E-state index in [1.54, 1.807) is 25.7 Å². The molecule has 0 aromatic heterocycles. The number of aliphatic carboxylic acids is 2. The van der Waals surface area contributed by atoms with Gasteiger partial charge in [0.25, 0.3) is 11.9 Å². The molecule has 2 N–H and O–H groups in total. The molecule has 0 aliphatic heterocycles. The SMILES string of the molecule is CC(=O)O.CC(=O)O.CC(C)CC12CCC(C1)C2.CC(C)CC1CCC1. The molecule has 4 aliphatic rings. The Bertz CT molecular complexity index is 379. The average molecular weight is 371 g/mol. The third kappa shape index (κ3) is 12.3. The summed E-state index contributed by atoms with van der Waals surface area (Å²) in [6, 6.07) is 0. The number of fused-ring (bicyclic) bond motifs is 1. The first-order valence-corrected chi connectivity index (χ1v) is 10.3. The molecule has 2 bridgehead atoms. The van der Waals surface area contributed by atoms with Gasteiger partial charge in [0.1, 0.15) is 0 Å². The summed E-state index contributed by atoms with van der Waals surface area (Å²) in [4.78, 5) is 18.0. The van der Waals surface area contributed by atoms with E-state index in [-0.39, 0.29) is 0 Å². The van der Waals surface area contributed by atoms with Crippen LogP contribution in [0.4, 0.5) is 0 Å². The predicted octanol–water partition coefficient (Wildman–Crippen LogP) is 6.24. The Morgan fingerprint density at radius 1 is 0.923 bits per heavy atom. The molecule has 0 aromatic rings. The Morgan fingerprint density at radius 2 is 1.38 bits per heavy atom. The summed E-state index contributed by atoms with van der Waals surface area (Å²) in [5.41, 5.74) is 0.860. The maximum absolute atomic E-state index is 9.00. The van der Waals surface area contributed by atoms with Crippen LogP contribution in [0.15, 0.2) is 0 Å². The zero-order valence-electron chi connectivity index (χ0n) is 17.9. The molecule has 0 spiro atoms. The Morgan fingerprint density at radius 3 is 1.58 bits per heavy atom. The van der Waals surface area contributed by atoms with Crippen molar-refractivity contribution < 1.29 is 19.8 Å². The lowest BCUT2D eigenvalue weighted by atomic mass is 9.66. The molecule has 4 saturated carbocycles. The van der Waals surface area contributed by atoms with Crippen molar-refractivity contribution in [3.8, 4) is 0 Å². The number of rotatable bonds is 4. The van der Waals surface area contributed by atoms with Crippen molar-refractivity contribution in [3.63, 3.8) is 0 Å². The summed E-state index contributed by atoms with van der Waals surface area (Å²) in [5.74, 6) is 2.45. The van der Waals surface area contributed by atoms with Gasteiger partial charge in [-0.25, -0.2) is 0 Å². The number of carbonyl (C=O) groups is 2. The van der Waals surface area contributed by atoms with Gasteiger partial charge in [-0.1, -0.05) is 47.0 Å². The van der Waals surface area contributed by atoms with Crippen molar-refractivity contribution in [2.75, 3.05) is 0 Å². The van der Waals surface area contributed by atoms with Crippen LogP contribution < -0.4 is 0 Å². The molecule has 0 heterocycles. The van der Waals surface area contributed by atoms with Gasteiger partial charge in [-0.05, 0) is 67.6 Å². The van der Waals surface area contributed by atoms with E-state index >= 15 is 0 Å². The summed E-state index contributed by atoms with van der Waals surface area (Å²) >= 11 is 0. The van der Waals surface area contributed by atoms with Crippen LogP contribution in [0.3, 0.4) is 0 Å². The molecule has 4 fully saturated rings. The first-order chi connectivity index (χ1) is 12.0. The van der Waals surface area contributed by atoms with E-state index in [0.717, 1.165) is 42.9 Å². The molecule has 0 aromatic carbocycles. The summed E-state index contributed by atoms with van der Waals surface area (Å²) in [5, 5.41) is 14.8. The van der Waals surface area contributed by atoms with Gasteiger partial charge < -0.3 is 10.2 Å². The van der Waals surface area contributed by atoms with Crippen LogP contribution in [0.25, 0.3) is 0 Å². The van der Waals surface area contributed by atoms with Gasteiger partial charge in [-0.15, -0.1) is 0 Å². The smallest absolute Gasteiger partial charge is 0.300 e. The minimum atomic E-state index is -0.833. The molecule has 4 rings (SSSR count). The van der Waals surface area contributed by atoms with E-state index in [1.165, 1.54) is 32.1 Å². The van der Waals surface area contributed by atoms with Gasteiger partial charge in [0.15, 0.2) is 0 Å². The number of hydrogen-bond acceptors (Lipinski definition) is 2. The monoisotopic (exact) mass is 370 g/mol. The standard InChI is InChI=1S/C10H18.C8H16.2C2H4O2/c1-8(2)5-10-4-3-9(6-10)7-10;1-7(2)6-8-4-3-5-8;2*1-2(3)4/h8-9H,3-7H2,1-2H3;7-8H,3-6H2,1-2H3;2*1H3,(H,3,4). The lowest BCUT2D eigenvalue weighted by Crippen LogP contribution is -2.28. The van der Waals surface area contributed by atoms with Crippen molar-refractivity contribution in [2.45, 2.75) is 99.3 Å². The molecule has 4 nitrogen and oxygen atoms in total. The molecule has 26 heavy (non-hydrogen) atoms. The summed E-state index contributed by atoms with van der Waals surface area (Å²) < 4.78 is 0. The van der Waals surface area contributed by atoms with Crippen LogP contribution in [0.5, 0.6) is 0 Å². The minimum Gasteiger partial charge on any atom is -0.481 e.